The van der Waals surface area contributed by atoms with Gasteiger partial charge in [0.2, 0.25) is 0 Å². The summed E-state index contributed by atoms with van der Waals surface area (Å²) in [5.74, 6) is 0. The molecule has 1 aromatic rings. The molecule has 1 aliphatic rings. The Morgan fingerprint density at radius 2 is 2.00 bits per heavy atom. The Kier molecular flexibility index (Phi) is 2.23. The summed E-state index contributed by atoms with van der Waals surface area (Å²) in [5.41, 5.74) is 2.68. The maximum absolute atomic E-state index is 3.06. The summed E-state index contributed by atoms with van der Waals surface area (Å²) in [6, 6.07) is 10.5. The van der Waals surface area contributed by atoms with Crippen LogP contribution in [0.15, 0.2) is 36.4 Å². The lowest BCUT2D eigenvalue weighted by Gasteiger charge is -2.12. The van der Waals surface area contributed by atoms with Crippen LogP contribution in [-0.4, -0.2) is 6.54 Å². The molecule has 2 rings (SSSR count). The first-order valence-corrected chi connectivity index (χ1v) is 4.20. The highest BCUT2D eigenvalue weighted by molar-refractivity contribution is 5.67. The molecule has 0 aromatic heterocycles. The van der Waals surface area contributed by atoms with E-state index in [1.165, 1.54) is 11.1 Å². The van der Waals surface area contributed by atoms with Gasteiger partial charge in [-0.05, 0) is 17.6 Å². The fraction of sp³-hybridized carbons (Fsp3) is 0.182. The molecule has 1 nitrogen and oxygen atoms in total. The maximum Gasteiger partial charge on any atom is 0.0857 e. The third-order valence-electron chi connectivity index (χ3n) is 2.01. The van der Waals surface area contributed by atoms with Crippen molar-refractivity contribution in [3.05, 3.63) is 48.5 Å². The molecule has 0 spiro atoms. The minimum absolute atomic E-state index is 1.00. The van der Waals surface area contributed by atoms with Crippen LogP contribution in [0.2, 0.25) is 0 Å². The molecule has 0 atom stereocenters. The van der Waals surface area contributed by atoms with Crippen molar-refractivity contribution in [2.75, 3.05) is 6.54 Å². The third-order valence-corrected chi connectivity index (χ3v) is 2.01. The zero-order valence-corrected chi connectivity index (χ0v) is 6.88. The highest BCUT2D eigenvalue weighted by atomic mass is 14.8. The van der Waals surface area contributed by atoms with Gasteiger partial charge < -0.3 is 5.32 Å². The number of nitrogens with one attached hydrogen (secondary N) is 1. The van der Waals surface area contributed by atoms with Gasteiger partial charge in [-0.25, -0.2) is 0 Å². The molecule has 1 heterocycles. The van der Waals surface area contributed by atoms with Crippen molar-refractivity contribution in [1.82, 2.24) is 5.32 Å². The van der Waals surface area contributed by atoms with Gasteiger partial charge in [0.05, 0.1) is 6.54 Å². The molecule has 2 radical (unpaired) electrons. The fourth-order valence-electron chi connectivity index (χ4n) is 1.36. The standard InChI is InChI=1S/C11H11N/c1-2-4-10(5-3-1)11-6-8-12-9-7-11/h1-6,12H,7,9H2. The summed E-state index contributed by atoms with van der Waals surface area (Å²) in [7, 11) is 0. The Hall–Kier alpha value is -1.08. The molecule has 1 N–H and O–H groups in total. The van der Waals surface area contributed by atoms with E-state index in [-0.39, 0.29) is 0 Å². The molecule has 0 aliphatic carbocycles. The summed E-state index contributed by atoms with van der Waals surface area (Å²) < 4.78 is 0. The molecule has 0 amide bonds. The minimum Gasteiger partial charge on any atom is -0.304 e. The van der Waals surface area contributed by atoms with E-state index in [9.17, 15) is 0 Å². The molecule has 0 saturated carbocycles. The summed E-state index contributed by atoms with van der Waals surface area (Å²) in [4.78, 5) is 0. The second-order valence-corrected chi connectivity index (χ2v) is 2.86. The lowest BCUT2D eigenvalue weighted by atomic mass is 10.0. The Morgan fingerprint density at radius 3 is 2.67 bits per heavy atom. The molecule has 0 unspecified atom stereocenters. The summed E-state index contributed by atoms with van der Waals surface area (Å²) in [6.45, 7) is 4.02. The molecule has 12 heavy (non-hydrogen) atoms. The molecule has 1 aromatic carbocycles. The van der Waals surface area contributed by atoms with Crippen molar-refractivity contribution >= 4 is 5.57 Å². The Labute approximate surface area is 73.1 Å². The van der Waals surface area contributed by atoms with Crippen LogP contribution in [-0.2, 0) is 0 Å². The van der Waals surface area contributed by atoms with E-state index >= 15 is 0 Å². The van der Waals surface area contributed by atoms with Gasteiger partial charge in [-0.2, -0.15) is 0 Å². The first kappa shape index (κ1) is 7.56. The molecule has 0 fully saturated rings. The van der Waals surface area contributed by atoms with Crippen molar-refractivity contribution in [3.63, 3.8) is 0 Å². The lowest BCUT2D eigenvalue weighted by Crippen LogP contribution is -2.15. The Morgan fingerprint density at radius 1 is 1.17 bits per heavy atom. The number of rotatable bonds is 1. The highest BCUT2D eigenvalue weighted by Crippen LogP contribution is 2.19. The van der Waals surface area contributed by atoms with Crippen LogP contribution in [0.4, 0.5) is 0 Å². The highest BCUT2D eigenvalue weighted by Gasteiger charge is 2.04. The van der Waals surface area contributed by atoms with E-state index in [0.717, 1.165) is 13.0 Å². The Balaban J connectivity index is 2.24. The van der Waals surface area contributed by atoms with E-state index in [0.29, 0.717) is 0 Å². The average molecular weight is 157 g/mol. The maximum atomic E-state index is 3.06. The second-order valence-electron chi connectivity index (χ2n) is 2.86. The van der Waals surface area contributed by atoms with Crippen molar-refractivity contribution in [3.8, 4) is 0 Å². The molecular formula is C11H11N. The molecule has 1 heteroatoms. The monoisotopic (exact) mass is 157 g/mol. The number of hydrogen-bond donors (Lipinski definition) is 1. The largest absolute Gasteiger partial charge is 0.304 e. The van der Waals surface area contributed by atoms with Gasteiger partial charge in [-0.15, -0.1) is 0 Å². The number of hydrogen-bond acceptors (Lipinski definition) is 1. The van der Waals surface area contributed by atoms with Crippen molar-refractivity contribution in [2.24, 2.45) is 0 Å². The van der Waals surface area contributed by atoms with E-state index in [1.807, 2.05) is 12.1 Å². The fourth-order valence-corrected chi connectivity index (χ4v) is 1.36. The normalized spacial score (nSPS) is 17.2. The van der Waals surface area contributed by atoms with Crippen LogP contribution in [0, 0.1) is 6.54 Å². The predicted octanol–water partition coefficient (Wildman–Crippen LogP) is 2.10. The van der Waals surface area contributed by atoms with Gasteiger partial charge in [0, 0.05) is 6.54 Å². The molecule has 1 aliphatic heterocycles. The van der Waals surface area contributed by atoms with Gasteiger partial charge in [0.1, 0.15) is 0 Å². The topological polar surface area (TPSA) is 12.0 Å². The minimum atomic E-state index is 1.00. The lowest BCUT2D eigenvalue weighted by molar-refractivity contribution is 0.802. The second kappa shape index (κ2) is 3.55. The summed E-state index contributed by atoms with van der Waals surface area (Å²) in [5, 5.41) is 3.06. The molecule has 60 valence electrons. The van der Waals surface area contributed by atoms with E-state index < -0.39 is 0 Å². The smallest absolute Gasteiger partial charge is 0.0857 e. The zero-order chi connectivity index (χ0) is 8.23. The average Bonchev–Trinajstić information content (AvgIpc) is 2.21. The molecule has 0 bridgehead atoms. The third kappa shape index (κ3) is 1.56. The quantitative estimate of drug-likeness (QED) is 0.658. The molecular weight excluding hydrogens is 146 g/mol. The van der Waals surface area contributed by atoms with Gasteiger partial charge in [0.25, 0.3) is 0 Å². The molecule has 0 saturated heterocycles. The van der Waals surface area contributed by atoms with Crippen LogP contribution in [0.5, 0.6) is 0 Å². The van der Waals surface area contributed by atoms with Crippen LogP contribution < -0.4 is 5.32 Å². The Bertz CT molecular complexity index is 274. The van der Waals surface area contributed by atoms with Gasteiger partial charge in [0.15, 0.2) is 0 Å². The van der Waals surface area contributed by atoms with Crippen molar-refractivity contribution in [1.29, 1.82) is 0 Å². The van der Waals surface area contributed by atoms with E-state index in [4.69, 9.17) is 0 Å². The van der Waals surface area contributed by atoms with Crippen LogP contribution in [0.25, 0.3) is 5.57 Å². The van der Waals surface area contributed by atoms with Crippen molar-refractivity contribution in [2.45, 2.75) is 6.42 Å². The van der Waals surface area contributed by atoms with E-state index in [2.05, 4.69) is 36.1 Å². The van der Waals surface area contributed by atoms with Crippen LogP contribution >= 0.6 is 0 Å². The first-order chi connectivity index (χ1) is 5.97. The van der Waals surface area contributed by atoms with E-state index in [1.54, 1.807) is 0 Å². The number of benzene rings is 1. The summed E-state index contributed by atoms with van der Waals surface area (Å²) >= 11 is 0. The van der Waals surface area contributed by atoms with Crippen LogP contribution in [0.1, 0.15) is 12.0 Å². The van der Waals surface area contributed by atoms with Crippen LogP contribution in [0.3, 0.4) is 0 Å². The van der Waals surface area contributed by atoms with Gasteiger partial charge >= 0.3 is 0 Å². The summed E-state index contributed by atoms with van der Waals surface area (Å²) in [6.07, 6.45) is 3.12. The zero-order valence-electron chi connectivity index (χ0n) is 6.88. The van der Waals surface area contributed by atoms with Gasteiger partial charge in [-0.1, -0.05) is 36.4 Å². The predicted molar refractivity (Wildman–Crippen MR) is 50.3 cm³/mol. The van der Waals surface area contributed by atoms with Crippen molar-refractivity contribution < 1.29 is 0 Å². The first-order valence-electron chi connectivity index (χ1n) is 4.20. The SMILES string of the molecule is [C]1C=C(c2ccccc2)CCN1. The van der Waals surface area contributed by atoms with Gasteiger partial charge in [-0.3, -0.25) is 0 Å².